The second-order valence-corrected chi connectivity index (χ2v) is 10.8. The summed E-state index contributed by atoms with van der Waals surface area (Å²) >= 11 is 6.62. The smallest absolute Gasteiger partial charge is 0.413 e. The van der Waals surface area contributed by atoms with Crippen LogP contribution in [0, 0.1) is 6.92 Å². The number of anilines is 2. The number of ether oxygens (including phenoxy) is 1. The van der Waals surface area contributed by atoms with Crippen molar-refractivity contribution in [1.82, 2.24) is 24.5 Å². The Hall–Kier alpha value is -4.58. The zero-order chi connectivity index (χ0) is 28.8. The van der Waals surface area contributed by atoms with Gasteiger partial charge in [0.25, 0.3) is 0 Å². The molecule has 1 aliphatic heterocycles. The normalized spacial score (nSPS) is 13.2. The lowest BCUT2D eigenvalue weighted by Crippen LogP contribution is -2.32. The predicted octanol–water partition coefficient (Wildman–Crippen LogP) is 4.14. The van der Waals surface area contributed by atoms with Gasteiger partial charge in [-0.3, -0.25) is 14.7 Å². The van der Waals surface area contributed by atoms with E-state index in [0.717, 1.165) is 11.3 Å². The first-order valence-corrected chi connectivity index (χ1v) is 12.8. The van der Waals surface area contributed by atoms with Crippen LogP contribution in [0.15, 0.2) is 41.8 Å². The fourth-order valence-corrected chi connectivity index (χ4v) is 4.77. The van der Waals surface area contributed by atoms with Crippen LogP contribution in [0.2, 0.25) is 5.02 Å². The molecule has 4 aromatic rings. The first-order valence-electron chi connectivity index (χ1n) is 12.4. The van der Waals surface area contributed by atoms with Crippen molar-refractivity contribution in [2.75, 3.05) is 16.8 Å². The number of rotatable bonds is 4. The predicted molar refractivity (Wildman–Crippen MR) is 148 cm³/mol. The molecule has 13 heteroatoms. The zero-order valence-corrected chi connectivity index (χ0v) is 23.0. The molecule has 1 amide bonds. The first kappa shape index (κ1) is 27.0. The van der Waals surface area contributed by atoms with Gasteiger partial charge < -0.3 is 14.7 Å². The molecule has 0 aromatic carbocycles. The van der Waals surface area contributed by atoms with Crippen molar-refractivity contribution in [3.05, 3.63) is 74.7 Å². The number of aromatic carboxylic acids is 1. The van der Waals surface area contributed by atoms with Gasteiger partial charge >= 0.3 is 12.1 Å². The van der Waals surface area contributed by atoms with Crippen molar-refractivity contribution in [3.63, 3.8) is 0 Å². The van der Waals surface area contributed by atoms with Gasteiger partial charge in [-0.05, 0) is 45.4 Å². The number of aromatic nitrogens is 5. The number of aryl methyl sites for hydroxylation is 1. The molecule has 0 spiro atoms. The topological polar surface area (TPSA) is 152 Å². The molecule has 0 saturated heterocycles. The number of pyridine rings is 3. The second kappa shape index (κ2) is 10.2. The van der Waals surface area contributed by atoms with Crippen molar-refractivity contribution >= 4 is 46.3 Å². The second-order valence-electron chi connectivity index (χ2n) is 10.4. The molecule has 0 saturated carbocycles. The van der Waals surface area contributed by atoms with Gasteiger partial charge in [0.05, 0.1) is 28.0 Å². The minimum Gasteiger partial charge on any atom is -0.477 e. The Kier molecular flexibility index (Phi) is 6.88. The molecular formula is C27H26ClN7O5. The summed E-state index contributed by atoms with van der Waals surface area (Å²) in [4.78, 5) is 56.8. The Morgan fingerprint density at radius 2 is 1.95 bits per heavy atom. The fourth-order valence-electron chi connectivity index (χ4n) is 4.50. The molecule has 12 nitrogen and oxygen atoms in total. The van der Waals surface area contributed by atoms with Crippen LogP contribution >= 0.6 is 11.6 Å². The highest BCUT2D eigenvalue weighted by Gasteiger charge is 2.24. The number of carboxylic acid groups (broad SMARTS) is 1. The SMILES string of the molecule is Cc1cc(NC(=O)OC(C)(C)C)ncc1-n1cc(C(=O)O)c(=O)c2cc(Cl)c(N3CCc4ncncc4C3)nc21. The van der Waals surface area contributed by atoms with Crippen molar-refractivity contribution in [1.29, 1.82) is 0 Å². The van der Waals surface area contributed by atoms with Gasteiger partial charge in [0, 0.05) is 37.5 Å². The third-order valence-electron chi connectivity index (χ3n) is 6.28. The van der Waals surface area contributed by atoms with Crippen molar-refractivity contribution in [2.24, 2.45) is 0 Å². The number of nitrogens with one attached hydrogen (secondary N) is 1. The van der Waals surface area contributed by atoms with E-state index in [-0.39, 0.29) is 21.9 Å². The first-order chi connectivity index (χ1) is 18.9. The summed E-state index contributed by atoms with van der Waals surface area (Å²) in [5, 5.41) is 12.6. The lowest BCUT2D eigenvalue weighted by atomic mass is 10.1. The number of halogens is 1. The van der Waals surface area contributed by atoms with Crippen LogP contribution in [-0.2, 0) is 17.7 Å². The Bertz CT molecular complexity index is 1730. The van der Waals surface area contributed by atoms with E-state index in [0.29, 0.717) is 36.6 Å². The maximum Gasteiger partial charge on any atom is 0.413 e. The summed E-state index contributed by atoms with van der Waals surface area (Å²) in [6.07, 6.45) is 5.95. The lowest BCUT2D eigenvalue weighted by molar-refractivity contribution is 0.0633. The number of nitrogens with zero attached hydrogens (tertiary/aromatic N) is 6. The molecule has 1 aliphatic rings. The fraction of sp³-hybridized carbons (Fsp3) is 0.296. The Morgan fingerprint density at radius 1 is 1.18 bits per heavy atom. The number of carbonyl (C=O) groups is 2. The van der Waals surface area contributed by atoms with E-state index in [1.807, 2.05) is 4.90 Å². The van der Waals surface area contributed by atoms with Gasteiger partial charge in [0.15, 0.2) is 5.65 Å². The van der Waals surface area contributed by atoms with E-state index < -0.39 is 28.7 Å². The van der Waals surface area contributed by atoms with Gasteiger partial charge in [-0.2, -0.15) is 0 Å². The third-order valence-corrected chi connectivity index (χ3v) is 6.55. The molecule has 0 atom stereocenters. The summed E-state index contributed by atoms with van der Waals surface area (Å²) in [5.41, 5.74) is 1.36. The number of hydrogen-bond acceptors (Lipinski definition) is 9. The Labute approximate surface area is 233 Å². The zero-order valence-electron chi connectivity index (χ0n) is 22.2. The summed E-state index contributed by atoms with van der Waals surface area (Å²) in [5.74, 6) is -0.707. The quantitative estimate of drug-likeness (QED) is 0.370. The largest absolute Gasteiger partial charge is 0.477 e. The number of carbonyl (C=O) groups excluding carboxylic acids is 1. The third kappa shape index (κ3) is 5.30. The summed E-state index contributed by atoms with van der Waals surface area (Å²) in [7, 11) is 0. The minimum absolute atomic E-state index is 0.0461. The molecule has 0 aliphatic carbocycles. The van der Waals surface area contributed by atoms with Crippen LogP contribution in [0.4, 0.5) is 16.4 Å². The van der Waals surface area contributed by atoms with Gasteiger partial charge in [-0.1, -0.05) is 11.6 Å². The molecule has 4 aromatic heterocycles. The van der Waals surface area contributed by atoms with Crippen molar-refractivity contribution in [3.8, 4) is 5.69 Å². The maximum absolute atomic E-state index is 13.1. The number of fused-ring (bicyclic) bond motifs is 2. The highest BCUT2D eigenvalue weighted by Crippen LogP contribution is 2.31. The van der Waals surface area contributed by atoms with Crippen molar-refractivity contribution < 1.29 is 19.4 Å². The van der Waals surface area contributed by atoms with Crippen LogP contribution in [0.1, 0.15) is 48.0 Å². The van der Waals surface area contributed by atoms with Crippen molar-refractivity contribution in [2.45, 2.75) is 46.3 Å². The Morgan fingerprint density at radius 3 is 2.65 bits per heavy atom. The Balaban J connectivity index is 1.61. The van der Waals surface area contributed by atoms with E-state index in [4.69, 9.17) is 21.3 Å². The summed E-state index contributed by atoms with van der Waals surface area (Å²) in [6.45, 7) is 8.07. The van der Waals surface area contributed by atoms with E-state index in [2.05, 4.69) is 20.3 Å². The molecule has 0 fully saturated rings. The van der Waals surface area contributed by atoms with E-state index >= 15 is 0 Å². The van der Waals surface area contributed by atoms with Crippen LogP contribution in [0.5, 0.6) is 0 Å². The molecular weight excluding hydrogens is 538 g/mol. The van der Waals surface area contributed by atoms with Gasteiger partial charge in [-0.15, -0.1) is 0 Å². The molecule has 206 valence electrons. The average molecular weight is 564 g/mol. The lowest BCUT2D eigenvalue weighted by Gasteiger charge is -2.29. The van der Waals surface area contributed by atoms with Gasteiger partial charge in [0.1, 0.15) is 29.1 Å². The van der Waals surface area contributed by atoms with Crippen LogP contribution in [-0.4, -0.2) is 53.8 Å². The average Bonchev–Trinajstić information content (AvgIpc) is 2.88. The van der Waals surface area contributed by atoms with E-state index in [1.54, 1.807) is 40.0 Å². The number of carboxylic acids is 1. The standard InChI is InChI=1S/C27H26ClN7O5/c1-14-7-21(32-26(39)40-27(2,3)4)30-10-20(14)35-12-17(25(37)38)22(36)16-8-18(28)24(33-23(16)35)34-6-5-19-15(11-34)9-29-13-31-19/h7-10,12-13H,5-6,11H2,1-4H3,(H,37,38)(H,30,32,39). The summed E-state index contributed by atoms with van der Waals surface area (Å²) < 4.78 is 6.78. The molecule has 5 heterocycles. The molecule has 2 N–H and O–H groups in total. The van der Waals surface area contributed by atoms with Gasteiger partial charge in [0.2, 0.25) is 5.43 Å². The van der Waals surface area contributed by atoms with Crippen LogP contribution in [0.25, 0.3) is 16.7 Å². The van der Waals surface area contributed by atoms with Gasteiger partial charge in [-0.25, -0.2) is 29.5 Å². The molecule has 0 unspecified atom stereocenters. The monoisotopic (exact) mass is 563 g/mol. The molecule has 0 bridgehead atoms. The molecule has 5 rings (SSSR count). The highest BCUT2D eigenvalue weighted by atomic mass is 35.5. The minimum atomic E-state index is -1.39. The number of amides is 1. The molecule has 40 heavy (non-hydrogen) atoms. The van der Waals surface area contributed by atoms with Crippen LogP contribution in [0.3, 0.4) is 0 Å². The van der Waals surface area contributed by atoms with E-state index in [9.17, 15) is 19.5 Å². The maximum atomic E-state index is 13.1. The van der Waals surface area contributed by atoms with Crippen LogP contribution < -0.4 is 15.6 Å². The highest BCUT2D eigenvalue weighted by molar-refractivity contribution is 6.33. The van der Waals surface area contributed by atoms with E-state index in [1.165, 1.54) is 29.4 Å². The molecule has 0 radical (unpaired) electrons. The summed E-state index contributed by atoms with van der Waals surface area (Å²) in [6, 6.07) is 3.06. The number of hydrogen-bond donors (Lipinski definition) is 2.